The molecule has 1 aromatic heterocycles. The Morgan fingerprint density at radius 3 is 2.26 bits per heavy atom. The second-order valence-corrected chi connectivity index (χ2v) is 9.44. The first kappa shape index (κ1) is 24.7. The lowest BCUT2D eigenvalue weighted by Gasteiger charge is -2.43. The summed E-state index contributed by atoms with van der Waals surface area (Å²) in [5.74, 6) is -3.16. The maximum atomic E-state index is 13.8. The smallest absolute Gasteiger partial charge is 0.434 e. The number of amides is 1. The summed E-state index contributed by atoms with van der Waals surface area (Å²) in [6.07, 6.45) is -12.3. The molecule has 1 N–H and O–H groups in total. The van der Waals surface area contributed by atoms with Crippen molar-refractivity contribution in [3.8, 4) is 0 Å². The number of pyridine rings is 1. The summed E-state index contributed by atoms with van der Waals surface area (Å²) < 4.78 is 81.6. The molecular formula is C22H25F6N3O3. The van der Waals surface area contributed by atoms with Gasteiger partial charge in [0.1, 0.15) is 0 Å². The van der Waals surface area contributed by atoms with Gasteiger partial charge in [0.25, 0.3) is 6.10 Å². The SMILES string of the molecule is Cc1cccnc1C1(C(=O)N2CC(C(=O)OC(C(F)(F)F)C(F)(F)F)CC23CCNCC3)CC1. The number of ether oxygens (including phenoxy) is 1. The zero-order chi connectivity index (χ0) is 24.9. The van der Waals surface area contributed by atoms with Gasteiger partial charge in [-0.2, -0.15) is 26.3 Å². The van der Waals surface area contributed by atoms with Gasteiger partial charge in [-0.25, -0.2) is 0 Å². The van der Waals surface area contributed by atoms with E-state index in [4.69, 9.17) is 0 Å². The van der Waals surface area contributed by atoms with E-state index < -0.39 is 41.3 Å². The Morgan fingerprint density at radius 1 is 1.12 bits per heavy atom. The van der Waals surface area contributed by atoms with E-state index in [2.05, 4.69) is 15.0 Å². The monoisotopic (exact) mass is 493 g/mol. The number of nitrogens with zero attached hydrogens (tertiary/aromatic N) is 2. The van der Waals surface area contributed by atoms with E-state index >= 15 is 0 Å². The van der Waals surface area contributed by atoms with Gasteiger partial charge < -0.3 is 15.0 Å². The van der Waals surface area contributed by atoms with Crippen molar-refractivity contribution in [3.63, 3.8) is 0 Å². The zero-order valence-corrected chi connectivity index (χ0v) is 18.4. The molecule has 3 fully saturated rings. The average molecular weight is 493 g/mol. The first-order chi connectivity index (χ1) is 15.8. The lowest BCUT2D eigenvalue weighted by atomic mass is 9.82. The van der Waals surface area contributed by atoms with Crippen molar-refractivity contribution in [2.45, 2.75) is 68.4 Å². The molecule has 188 valence electrons. The van der Waals surface area contributed by atoms with Crippen LogP contribution in [-0.4, -0.2) is 65.4 Å². The van der Waals surface area contributed by atoms with E-state index in [1.807, 2.05) is 13.0 Å². The van der Waals surface area contributed by atoms with Crippen molar-refractivity contribution in [1.29, 1.82) is 0 Å². The highest BCUT2D eigenvalue weighted by Gasteiger charge is 2.63. The molecule has 34 heavy (non-hydrogen) atoms. The fourth-order valence-electron chi connectivity index (χ4n) is 5.32. The number of likely N-dealkylation sites (tertiary alicyclic amines) is 1. The first-order valence-corrected chi connectivity index (χ1v) is 11.1. The van der Waals surface area contributed by atoms with Crippen LogP contribution in [0.1, 0.15) is 43.4 Å². The Morgan fingerprint density at radius 2 is 1.74 bits per heavy atom. The molecule has 1 amide bonds. The van der Waals surface area contributed by atoms with Crippen LogP contribution < -0.4 is 5.32 Å². The number of carbonyl (C=O) groups excluding carboxylic acids is 2. The molecule has 3 heterocycles. The second-order valence-electron chi connectivity index (χ2n) is 9.44. The molecule has 1 spiro atoms. The number of piperidine rings is 1. The molecule has 2 saturated heterocycles. The fourth-order valence-corrected chi connectivity index (χ4v) is 5.32. The van der Waals surface area contributed by atoms with Crippen LogP contribution in [0.5, 0.6) is 0 Å². The molecule has 12 heteroatoms. The van der Waals surface area contributed by atoms with Crippen molar-refractivity contribution in [3.05, 3.63) is 29.6 Å². The Balaban J connectivity index is 1.60. The number of carbonyl (C=O) groups is 2. The lowest BCUT2D eigenvalue weighted by Crippen LogP contribution is -2.55. The molecule has 1 aliphatic carbocycles. The summed E-state index contributed by atoms with van der Waals surface area (Å²) in [5.41, 5.74) is -0.288. The summed E-state index contributed by atoms with van der Waals surface area (Å²) >= 11 is 0. The van der Waals surface area contributed by atoms with Gasteiger partial charge in [0.05, 0.1) is 17.0 Å². The molecule has 1 unspecified atom stereocenters. The van der Waals surface area contributed by atoms with E-state index in [0.717, 1.165) is 5.56 Å². The van der Waals surface area contributed by atoms with Crippen LogP contribution in [0.25, 0.3) is 0 Å². The largest absolute Gasteiger partial charge is 0.442 e. The summed E-state index contributed by atoms with van der Waals surface area (Å²) in [6.45, 7) is 2.56. The second kappa shape index (κ2) is 8.39. The van der Waals surface area contributed by atoms with Gasteiger partial charge in [-0.15, -0.1) is 0 Å². The normalized spacial score (nSPS) is 23.9. The summed E-state index contributed by atoms with van der Waals surface area (Å²) in [6, 6.07) is 3.57. The highest BCUT2D eigenvalue weighted by atomic mass is 19.4. The maximum absolute atomic E-state index is 13.8. The molecule has 4 rings (SSSR count). The van der Waals surface area contributed by atoms with Crippen molar-refractivity contribution in [2.24, 2.45) is 5.92 Å². The predicted molar refractivity (Wildman–Crippen MR) is 107 cm³/mol. The minimum atomic E-state index is -5.79. The average Bonchev–Trinajstić information content (AvgIpc) is 3.48. The van der Waals surface area contributed by atoms with E-state index in [1.165, 1.54) is 4.90 Å². The van der Waals surface area contributed by atoms with Crippen molar-refractivity contribution in [1.82, 2.24) is 15.2 Å². The molecular weight excluding hydrogens is 468 g/mol. The van der Waals surface area contributed by atoms with Gasteiger partial charge in [0.2, 0.25) is 5.91 Å². The topological polar surface area (TPSA) is 71.5 Å². The third kappa shape index (κ3) is 4.36. The summed E-state index contributed by atoms with van der Waals surface area (Å²) in [4.78, 5) is 32.3. The Kier molecular flexibility index (Phi) is 6.10. The fraction of sp³-hybridized carbons (Fsp3) is 0.682. The van der Waals surface area contributed by atoms with E-state index in [9.17, 15) is 35.9 Å². The molecule has 3 aliphatic rings. The standard InChI is InChI=1S/C22H25F6N3O3/c1-13-3-2-8-30-15(13)20(4-5-20)18(33)31-12-14(11-19(31)6-9-29-10-7-19)16(32)34-17(21(23,24)25)22(26,27)28/h2-3,8,14,17,29H,4-7,9-12H2,1H3. The van der Waals surface area contributed by atoms with Crippen LogP contribution in [0.2, 0.25) is 0 Å². The van der Waals surface area contributed by atoms with Crippen LogP contribution in [0.3, 0.4) is 0 Å². The van der Waals surface area contributed by atoms with Gasteiger partial charge in [-0.05, 0) is 63.7 Å². The summed E-state index contributed by atoms with van der Waals surface area (Å²) in [5, 5.41) is 3.14. The Hall–Kier alpha value is -2.37. The van der Waals surface area contributed by atoms with Crippen LogP contribution in [0.4, 0.5) is 26.3 Å². The Labute approximate surface area is 192 Å². The van der Waals surface area contributed by atoms with Crippen molar-refractivity contribution in [2.75, 3.05) is 19.6 Å². The molecule has 1 atom stereocenters. The Bertz CT molecular complexity index is 940. The molecule has 0 radical (unpaired) electrons. The van der Waals surface area contributed by atoms with E-state index in [1.54, 1.807) is 12.3 Å². The lowest BCUT2D eigenvalue weighted by molar-refractivity contribution is -0.314. The third-order valence-electron chi connectivity index (χ3n) is 7.17. The highest BCUT2D eigenvalue weighted by molar-refractivity contribution is 5.92. The molecule has 0 aromatic carbocycles. The highest BCUT2D eigenvalue weighted by Crippen LogP contribution is 2.53. The van der Waals surface area contributed by atoms with Crippen molar-refractivity contribution >= 4 is 11.9 Å². The quantitative estimate of drug-likeness (QED) is 0.514. The van der Waals surface area contributed by atoms with Crippen LogP contribution >= 0.6 is 0 Å². The minimum absolute atomic E-state index is 0.0427. The molecule has 1 aromatic rings. The molecule has 0 bridgehead atoms. The van der Waals surface area contributed by atoms with Gasteiger partial charge in [-0.3, -0.25) is 14.6 Å². The number of hydrogen-bond acceptors (Lipinski definition) is 5. The van der Waals surface area contributed by atoms with Crippen molar-refractivity contribution < 1.29 is 40.7 Å². The predicted octanol–water partition coefficient (Wildman–Crippen LogP) is 3.43. The van der Waals surface area contributed by atoms with E-state index in [0.29, 0.717) is 44.5 Å². The molecule has 2 aliphatic heterocycles. The number of rotatable bonds is 4. The first-order valence-electron chi connectivity index (χ1n) is 11.1. The zero-order valence-electron chi connectivity index (χ0n) is 18.4. The number of aryl methyl sites for hydroxylation is 1. The molecule has 1 saturated carbocycles. The summed E-state index contributed by atoms with van der Waals surface area (Å²) in [7, 11) is 0. The van der Waals surface area contributed by atoms with Crippen LogP contribution in [-0.2, 0) is 19.7 Å². The molecule has 6 nitrogen and oxygen atoms in total. The van der Waals surface area contributed by atoms with Gasteiger partial charge >= 0.3 is 18.3 Å². The van der Waals surface area contributed by atoms with Gasteiger partial charge in [0.15, 0.2) is 0 Å². The van der Waals surface area contributed by atoms with Gasteiger partial charge in [0, 0.05) is 18.3 Å². The van der Waals surface area contributed by atoms with Gasteiger partial charge in [-0.1, -0.05) is 6.07 Å². The number of halogens is 6. The van der Waals surface area contributed by atoms with Crippen LogP contribution in [0.15, 0.2) is 18.3 Å². The number of aromatic nitrogens is 1. The third-order valence-corrected chi connectivity index (χ3v) is 7.17. The van der Waals surface area contributed by atoms with E-state index in [-0.39, 0.29) is 18.9 Å². The van der Waals surface area contributed by atoms with Crippen LogP contribution in [0, 0.1) is 12.8 Å². The number of nitrogens with one attached hydrogen (secondary N) is 1. The maximum Gasteiger partial charge on any atom is 0.434 e. The number of esters is 1. The number of hydrogen-bond donors (Lipinski definition) is 1. The minimum Gasteiger partial charge on any atom is -0.442 e. The number of alkyl halides is 6.